The molecule has 2 aromatic carbocycles. The molecule has 0 fully saturated rings. The summed E-state index contributed by atoms with van der Waals surface area (Å²) >= 11 is 0. The standard InChI is InChI=1S/C21H21N3O/c1-16(21-14-18-6-3-4-7-20(18)25-21)23(2)15-17-8-10-19(11-9-17)24-13-5-12-22-24/h3-14,16H,15H2,1-2H3/t16-/m0/s1. The summed E-state index contributed by atoms with van der Waals surface area (Å²) in [6.45, 7) is 3.04. The first-order valence-electron chi connectivity index (χ1n) is 8.48. The van der Waals surface area contributed by atoms with Crippen LogP contribution >= 0.6 is 0 Å². The second kappa shape index (κ2) is 6.57. The van der Waals surface area contributed by atoms with Crippen LogP contribution in [0.4, 0.5) is 0 Å². The molecule has 0 bridgehead atoms. The number of hydrogen-bond donors (Lipinski definition) is 0. The lowest BCUT2D eigenvalue weighted by atomic mass is 10.1. The van der Waals surface area contributed by atoms with E-state index in [0.717, 1.165) is 29.0 Å². The normalized spacial score (nSPS) is 12.8. The van der Waals surface area contributed by atoms with Crippen molar-refractivity contribution >= 4 is 11.0 Å². The average Bonchev–Trinajstić information content (AvgIpc) is 3.31. The smallest absolute Gasteiger partial charge is 0.134 e. The van der Waals surface area contributed by atoms with Crippen molar-refractivity contribution < 1.29 is 4.42 Å². The number of benzene rings is 2. The van der Waals surface area contributed by atoms with Crippen molar-refractivity contribution in [1.29, 1.82) is 0 Å². The Morgan fingerprint density at radius 2 is 1.88 bits per heavy atom. The lowest BCUT2D eigenvalue weighted by Gasteiger charge is -2.23. The maximum absolute atomic E-state index is 6.00. The van der Waals surface area contributed by atoms with Gasteiger partial charge in [-0.1, -0.05) is 30.3 Å². The van der Waals surface area contributed by atoms with Gasteiger partial charge in [-0.2, -0.15) is 5.10 Å². The molecule has 2 aromatic heterocycles. The van der Waals surface area contributed by atoms with Crippen molar-refractivity contribution in [1.82, 2.24) is 14.7 Å². The van der Waals surface area contributed by atoms with E-state index in [-0.39, 0.29) is 6.04 Å². The fourth-order valence-electron chi connectivity index (χ4n) is 3.03. The zero-order chi connectivity index (χ0) is 17.2. The topological polar surface area (TPSA) is 34.2 Å². The SMILES string of the molecule is C[C@@H](c1cc2ccccc2o1)N(C)Cc1ccc(-n2cccn2)cc1. The Labute approximate surface area is 147 Å². The Balaban J connectivity index is 1.48. The summed E-state index contributed by atoms with van der Waals surface area (Å²) in [4.78, 5) is 2.29. The maximum atomic E-state index is 6.00. The van der Waals surface area contributed by atoms with Crippen molar-refractivity contribution in [3.8, 4) is 5.69 Å². The van der Waals surface area contributed by atoms with E-state index in [9.17, 15) is 0 Å². The molecule has 4 heteroatoms. The van der Waals surface area contributed by atoms with Crippen LogP contribution < -0.4 is 0 Å². The van der Waals surface area contributed by atoms with Crippen LogP contribution in [-0.4, -0.2) is 21.7 Å². The lowest BCUT2D eigenvalue weighted by molar-refractivity contribution is 0.226. The molecule has 0 radical (unpaired) electrons. The van der Waals surface area contributed by atoms with Gasteiger partial charge in [-0.15, -0.1) is 0 Å². The summed E-state index contributed by atoms with van der Waals surface area (Å²) in [5.41, 5.74) is 3.28. The molecule has 0 saturated heterocycles. The monoisotopic (exact) mass is 331 g/mol. The molecule has 4 rings (SSSR count). The molecule has 0 amide bonds. The van der Waals surface area contributed by atoms with Gasteiger partial charge in [-0.3, -0.25) is 4.90 Å². The predicted octanol–water partition coefficient (Wildman–Crippen LogP) is 4.81. The van der Waals surface area contributed by atoms with E-state index in [1.54, 1.807) is 6.20 Å². The van der Waals surface area contributed by atoms with Crippen LogP contribution in [0, 0.1) is 0 Å². The molecule has 1 atom stereocenters. The number of furan rings is 1. The molecule has 0 aliphatic heterocycles. The highest BCUT2D eigenvalue weighted by Crippen LogP contribution is 2.27. The highest BCUT2D eigenvalue weighted by Gasteiger charge is 2.16. The van der Waals surface area contributed by atoms with Crippen molar-refractivity contribution in [2.75, 3.05) is 7.05 Å². The molecule has 25 heavy (non-hydrogen) atoms. The summed E-state index contributed by atoms with van der Waals surface area (Å²) in [6, 6.07) is 20.9. The third-order valence-electron chi connectivity index (χ3n) is 4.65. The van der Waals surface area contributed by atoms with Gasteiger partial charge in [-0.05, 0) is 49.9 Å². The van der Waals surface area contributed by atoms with Gasteiger partial charge in [0.2, 0.25) is 0 Å². The van der Waals surface area contributed by atoms with Crippen LogP contribution in [0.15, 0.2) is 77.5 Å². The van der Waals surface area contributed by atoms with Crippen molar-refractivity contribution in [2.24, 2.45) is 0 Å². The quantitative estimate of drug-likeness (QED) is 0.526. The molecule has 0 saturated carbocycles. The molecule has 0 N–H and O–H groups in total. The van der Waals surface area contributed by atoms with Gasteiger partial charge in [0.25, 0.3) is 0 Å². The van der Waals surface area contributed by atoms with Crippen LogP contribution in [0.1, 0.15) is 24.3 Å². The Hall–Kier alpha value is -2.85. The van der Waals surface area contributed by atoms with Gasteiger partial charge in [0.15, 0.2) is 0 Å². The van der Waals surface area contributed by atoms with Crippen molar-refractivity contribution in [2.45, 2.75) is 19.5 Å². The molecular formula is C21H21N3O. The Morgan fingerprint density at radius 3 is 2.60 bits per heavy atom. The minimum Gasteiger partial charge on any atom is -0.459 e. The van der Waals surface area contributed by atoms with E-state index in [4.69, 9.17) is 4.42 Å². The van der Waals surface area contributed by atoms with Crippen LogP contribution in [-0.2, 0) is 6.54 Å². The number of fused-ring (bicyclic) bond motifs is 1. The molecule has 0 aliphatic carbocycles. The van der Waals surface area contributed by atoms with Crippen molar-refractivity contribution in [3.63, 3.8) is 0 Å². The maximum Gasteiger partial charge on any atom is 0.134 e. The zero-order valence-electron chi connectivity index (χ0n) is 14.5. The highest BCUT2D eigenvalue weighted by molar-refractivity contribution is 5.77. The molecular weight excluding hydrogens is 310 g/mol. The summed E-state index contributed by atoms with van der Waals surface area (Å²) < 4.78 is 7.87. The van der Waals surface area contributed by atoms with Gasteiger partial charge >= 0.3 is 0 Å². The Morgan fingerprint density at radius 1 is 1.08 bits per heavy atom. The van der Waals surface area contributed by atoms with E-state index in [1.807, 2.05) is 35.1 Å². The molecule has 2 heterocycles. The van der Waals surface area contributed by atoms with Crippen LogP contribution in [0.3, 0.4) is 0 Å². The van der Waals surface area contributed by atoms with Crippen LogP contribution in [0.5, 0.6) is 0 Å². The van der Waals surface area contributed by atoms with Crippen LogP contribution in [0.2, 0.25) is 0 Å². The second-order valence-corrected chi connectivity index (χ2v) is 6.39. The van der Waals surface area contributed by atoms with Gasteiger partial charge in [0.05, 0.1) is 11.7 Å². The third-order valence-corrected chi connectivity index (χ3v) is 4.65. The number of nitrogens with zero attached hydrogens (tertiary/aromatic N) is 3. The molecule has 0 unspecified atom stereocenters. The minimum absolute atomic E-state index is 0.207. The first kappa shape index (κ1) is 15.7. The lowest BCUT2D eigenvalue weighted by Crippen LogP contribution is -2.21. The number of para-hydroxylation sites is 1. The van der Waals surface area contributed by atoms with Crippen LogP contribution in [0.25, 0.3) is 16.7 Å². The number of hydrogen-bond acceptors (Lipinski definition) is 3. The van der Waals surface area contributed by atoms with Gasteiger partial charge in [0.1, 0.15) is 11.3 Å². The third kappa shape index (κ3) is 3.21. The summed E-state index contributed by atoms with van der Waals surface area (Å²) in [5, 5.41) is 5.41. The largest absolute Gasteiger partial charge is 0.459 e. The second-order valence-electron chi connectivity index (χ2n) is 6.39. The molecule has 0 spiro atoms. The van der Waals surface area contributed by atoms with Gasteiger partial charge in [-0.25, -0.2) is 4.68 Å². The Bertz CT molecular complexity index is 921. The summed E-state index contributed by atoms with van der Waals surface area (Å²) in [6.07, 6.45) is 3.74. The number of rotatable bonds is 5. The molecule has 126 valence electrons. The fraction of sp³-hybridized carbons (Fsp3) is 0.190. The van der Waals surface area contributed by atoms with E-state index in [0.29, 0.717) is 0 Å². The van der Waals surface area contributed by atoms with E-state index in [2.05, 4.69) is 60.4 Å². The van der Waals surface area contributed by atoms with Gasteiger partial charge < -0.3 is 4.42 Å². The summed E-state index contributed by atoms with van der Waals surface area (Å²) in [5.74, 6) is 0.997. The van der Waals surface area contributed by atoms with Crippen molar-refractivity contribution in [3.05, 3.63) is 84.4 Å². The fourth-order valence-corrected chi connectivity index (χ4v) is 3.03. The summed E-state index contributed by atoms with van der Waals surface area (Å²) in [7, 11) is 2.12. The van der Waals surface area contributed by atoms with E-state index < -0.39 is 0 Å². The highest BCUT2D eigenvalue weighted by atomic mass is 16.3. The average molecular weight is 331 g/mol. The molecule has 4 aromatic rings. The first-order chi connectivity index (χ1) is 12.2. The first-order valence-corrected chi connectivity index (χ1v) is 8.48. The molecule has 0 aliphatic rings. The van der Waals surface area contributed by atoms with E-state index in [1.165, 1.54) is 5.56 Å². The minimum atomic E-state index is 0.207. The van der Waals surface area contributed by atoms with Gasteiger partial charge in [0, 0.05) is 24.3 Å². The Kier molecular flexibility index (Phi) is 4.12. The number of aromatic nitrogens is 2. The zero-order valence-corrected chi connectivity index (χ0v) is 14.5. The van der Waals surface area contributed by atoms with E-state index >= 15 is 0 Å². The predicted molar refractivity (Wildman–Crippen MR) is 99.7 cm³/mol. The molecule has 4 nitrogen and oxygen atoms in total.